The standard InChI is InChI=1S/C21H23N3O3S2/c1-2-29(26,27)17-9-7-16(8-10-17)15-20(25)23-11-13-24(14-12-23)21-22-18-5-3-4-6-19(18)28-21/h3-10H,2,11-15H2,1H3. The number of piperazine rings is 1. The number of hydrogen-bond donors (Lipinski definition) is 0. The molecule has 6 nitrogen and oxygen atoms in total. The molecule has 1 fully saturated rings. The van der Waals surface area contributed by atoms with E-state index in [2.05, 4.69) is 11.0 Å². The summed E-state index contributed by atoms with van der Waals surface area (Å²) in [6.45, 7) is 4.48. The summed E-state index contributed by atoms with van der Waals surface area (Å²) in [5.74, 6) is 0.143. The minimum Gasteiger partial charge on any atom is -0.345 e. The van der Waals surface area contributed by atoms with Gasteiger partial charge in [0.25, 0.3) is 0 Å². The largest absolute Gasteiger partial charge is 0.345 e. The van der Waals surface area contributed by atoms with Gasteiger partial charge in [0.05, 0.1) is 27.3 Å². The number of amides is 1. The number of sulfone groups is 1. The molecule has 0 radical (unpaired) electrons. The summed E-state index contributed by atoms with van der Waals surface area (Å²) in [5, 5.41) is 1.01. The Hall–Kier alpha value is -2.45. The van der Waals surface area contributed by atoms with Gasteiger partial charge >= 0.3 is 0 Å². The predicted octanol–water partition coefficient (Wildman–Crippen LogP) is 2.98. The highest BCUT2D eigenvalue weighted by molar-refractivity contribution is 7.91. The number of benzene rings is 2. The minimum atomic E-state index is -3.21. The first-order valence-electron chi connectivity index (χ1n) is 9.66. The van der Waals surface area contributed by atoms with Crippen LogP contribution in [0.15, 0.2) is 53.4 Å². The van der Waals surface area contributed by atoms with Gasteiger partial charge in [0, 0.05) is 26.2 Å². The number of para-hydroxylation sites is 1. The fourth-order valence-corrected chi connectivity index (χ4v) is 5.31. The highest BCUT2D eigenvalue weighted by Crippen LogP contribution is 2.29. The van der Waals surface area contributed by atoms with Gasteiger partial charge < -0.3 is 9.80 Å². The molecule has 2 heterocycles. The molecule has 1 aromatic heterocycles. The van der Waals surface area contributed by atoms with Crippen molar-refractivity contribution in [2.24, 2.45) is 0 Å². The van der Waals surface area contributed by atoms with Crippen LogP contribution in [0.4, 0.5) is 5.13 Å². The molecule has 1 amide bonds. The average molecular weight is 430 g/mol. The van der Waals surface area contributed by atoms with Crippen LogP contribution in [0.25, 0.3) is 10.2 Å². The van der Waals surface area contributed by atoms with E-state index in [4.69, 9.17) is 4.98 Å². The number of anilines is 1. The van der Waals surface area contributed by atoms with E-state index in [9.17, 15) is 13.2 Å². The van der Waals surface area contributed by atoms with E-state index in [-0.39, 0.29) is 18.1 Å². The third-order valence-corrected chi connectivity index (χ3v) is 8.05. The van der Waals surface area contributed by atoms with Gasteiger partial charge in [-0.2, -0.15) is 0 Å². The fourth-order valence-electron chi connectivity index (χ4n) is 3.41. The van der Waals surface area contributed by atoms with Crippen molar-refractivity contribution < 1.29 is 13.2 Å². The molecule has 0 spiro atoms. The van der Waals surface area contributed by atoms with E-state index in [1.165, 1.54) is 4.70 Å². The lowest BCUT2D eigenvalue weighted by molar-refractivity contribution is -0.130. The molecule has 0 N–H and O–H groups in total. The zero-order valence-corrected chi connectivity index (χ0v) is 17.9. The second kappa shape index (κ2) is 8.12. The lowest BCUT2D eigenvalue weighted by Crippen LogP contribution is -2.49. The van der Waals surface area contributed by atoms with E-state index < -0.39 is 9.84 Å². The van der Waals surface area contributed by atoms with Crippen molar-refractivity contribution in [1.29, 1.82) is 0 Å². The molecule has 0 atom stereocenters. The molecule has 8 heteroatoms. The Morgan fingerprint density at radius 1 is 1.03 bits per heavy atom. The van der Waals surface area contributed by atoms with E-state index in [1.807, 2.05) is 23.1 Å². The molecule has 3 aromatic rings. The van der Waals surface area contributed by atoms with Crippen molar-refractivity contribution in [3.05, 3.63) is 54.1 Å². The summed E-state index contributed by atoms with van der Waals surface area (Å²) in [6.07, 6.45) is 0.285. The predicted molar refractivity (Wildman–Crippen MR) is 116 cm³/mol. The first-order chi connectivity index (χ1) is 14.0. The van der Waals surface area contributed by atoms with Gasteiger partial charge in [-0.15, -0.1) is 0 Å². The third-order valence-electron chi connectivity index (χ3n) is 5.20. The highest BCUT2D eigenvalue weighted by Gasteiger charge is 2.23. The first kappa shape index (κ1) is 19.8. The molecule has 0 saturated carbocycles. The molecule has 1 aliphatic heterocycles. The van der Waals surface area contributed by atoms with Gasteiger partial charge in [-0.25, -0.2) is 13.4 Å². The third kappa shape index (κ3) is 4.28. The maximum Gasteiger partial charge on any atom is 0.227 e. The van der Waals surface area contributed by atoms with Crippen LogP contribution >= 0.6 is 11.3 Å². The second-order valence-electron chi connectivity index (χ2n) is 7.06. The van der Waals surface area contributed by atoms with Gasteiger partial charge in [0.2, 0.25) is 5.91 Å². The second-order valence-corrected chi connectivity index (χ2v) is 10.3. The Morgan fingerprint density at radius 2 is 1.72 bits per heavy atom. The summed E-state index contributed by atoms with van der Waals surface area (Å²) in [6, 6.07) is 14.8. The fraction of sp³-hybridized carbons (Fsp3) is 0.333. The summed E-state index contributed by atoms with van der Waals surface area (Å²) in [4.78, 5) is 21.8. The molecule has 1 saturated heterocycles. The van der Waals surface area contributed by atoms with Crippen LogP contribution in [0.5, 0.6) is 0 Å². The quantitative estimate of drug-likeness (QED) is 0.624. The number of hydrogen-bond acceptors (Lipinski definition) is 6. The Balaban J connectivity index is 1.35. The van der Waals surface area contributed by atoms with Gasteiger partial charge in [-0.1, -0.05) is 42.5 Å². The van der Waals surface area contributed by atoms with Crippen molar-refractivity contribution in [2.75, 3.05) is 36.8 Å². The maximum atomic E-state index is 12.7. The molecule has 2 aromatic carbocycles. The molecule has 0 aliphatic carbocycles. The number of aromatic nitrogens is 1. The number of fused-ring (bicyclic) bond motifs is 1. The number of carbonyl (C=O) groups is 1. The van der Waals surface area contributed by atoms with Crippen molar-refractivity contribution in [3.8, 4) is 0 Å². The van der Waals surface area contributed by atoms with E-state index in [0.717, 1.165) is 29.3 Å². The maximum absolute atomic E-state index is 12.7. The summed E-state index contributed by atoms with van der Waals surface area (Å²) < 4.78 is 25.0. The summed E-state index contributed by atoms with van der Waals surface area (Å²) in [5.41, 5.74) is 1.85. The topological polar surface area (TPSA) is 70.6 Å². The zero-order valence-electron chi connectivity index (χ0n) is 16.2. The molecule has 0 bridgehead atoms. The Bertz CT molecular complexity index is 1080. The molecule has 4 rings (SSSR count). The van der Waals surface area contributed by atoms with Gasteiger partial charge in [-0.05, 0) is 29.8 Å². The van der Waals surface area contributed by atoms with Crippen LogP contribution in [0.2, 0.25) is 0 Å². The number of nitrogens with zero attached hydrogens (tertiary/aromatic N) is 3. The first-order valence-corrected chi connectivity index (χ1v) is 12.1. The Morgan fingerprint density at radius 3 is 2.38 bits per heavy atom. The van der Waals surface area contributed by atoms with Crippen LogP contribution in [0.3, 0.4) is 0 Å². The molecule has 152 valence electrons. The van der Waals surface area contributed by atoms with Gasteiger partial charge in [0.15, 0.2) is 15.0 Å². The van der Waals surface area contributed by atoms with Gasteiger partial charge in [-0.3, -0.25) is 4.79 Å². The molecular weight excluding hydrogens is 406 g/mol. The lowest BCUT2D eigenvalue weighted by atomic mass is 10.1. The van der Waals surface area contributed by atoms with Crippen LogP contribution < -0.4 is 4.90 Å². The van der Waals surface area contributed by atoms with E-state index in [1.54, 1.807) is 42.5 Å². The summed E-state index contributed by atoms with van der Waals surface area (Å²) in [7, 11) is -3.21. The van der Waals surface area contributed by atoms with E-state index >= 15 is 0 Å². The SMILES string of the molecule is CCS(=O)(=O)c1ccc(CC(=O)N2CCN(c3nc4ccccc4s3)CC2)cc1. The van der Waals surface area contributed by atoms with Crippen LogP contribution in [-0.2, 0) is 21.1 Å². The summed E-state index contributed by atoms with van der Waals surface area (Å²) >= 11 is 1.68. The smallest absolute Gasteiger partial charge is 0.227 e. The van der Waals surface area contributed by atoms with E-state index in [0.29, 0.717) is 18.0 Å². The highest BCUT2D eigenvalue weighted by atomic mass is 32.2. The minimum absolute atomic E-state index is 0.0695. The molecular formula is C21H23N3O3S2. The van der Waals surface area contributed by atoms with Gasteiger partial charge in [0.1, 0.15) is 0 Å². The number of carbonyl (C=O) groups excluding carboxylic acids is 1. The average Bonchev–Trinajstić information content (AvgIpc) is 3.18. The van der Waals surface area contributed by atoms with Crippen molar-refractivity contribution >= 4 is 42.4 Å². The van der Waals surface area contributed by atoms with Crippen molar-refractivity contribution in [3.63, 3.8) is 0 Å². The molecule has 0 unspecified atom stereocenters. The molecule has 29 heavy (non-hydrogen) atoms. The Labute approximate surface area is 174 Å². The number of rotatable bonds is 5. The van der Waals surface area contributed by atoms with Crippen LogP contribution in [0, 0.1) is 0 Å². The van der Waals surface area contributed by atoms with Crippen LogP contribution in [-0.4, -0.2) is 56.1 Å². The zero-order chi connectivity index (χ0) is 20.4. The van der Waals surface area contributed by atoms with Crippen molar-refractivity contribution in [2.45, 2.75) is 18.2 Å². The van der Waals surface area contributed by atoms with Crippen molar-refractivity contribution in [1.82, 2.24) is 9.88 Å². The normalized spacial score (nSPS) is 15.1. The monoisotopic (exact) mass is 429 g/mol. The van der Waals surface area contributed by atoms with Crippen LogP contribution in [0.1, 0.15) is 12.5 Å². The lowest BCUT2D eigenvalue weighted by Gasteiger charge is -2.34. The molecule has 1 aliphatic rings. The number of thiazole rings is 1. The Kier molecular flexibility index (Phi) is 5.56.